The first-order valence-electron chi connectivity index (χ1n) is 8.86. The third-order valence-corrected chi connectivity index (χ3v) is 5.15. The van der Waals surface area contributed by atoms with Gasteiger partial charge in [0, 0.05) is 6.07 Å². The number of aryl methyl sites for hydroxylation is 3. The van der Waals surface area contributed by atoms with E-state index >= 15 is 0 Å². The summed E-state index contributed by atoms with van der Waals surface area (Å²) in [6, 6.07) is 6.85. The normalized spacial score (nSPS) is 21.3. The number of benzene rings is 1. The number of nitrogens with one attached hydrogen (secondary N) is 2. The van der Waals surface area contributed by atoms with Gasteiger partial charge in [-0.05, 0) is 49.8 Å². The zero-order valence-electron chi connectivity index (χ0n) is 15.2. The van der Waals surface area contributed by atoms with Gasteiger partial charge in [-0.1, -0.05) is 23.4 Å². The predicted octanol–water partition coefficient (Wildman–Crippen LogP) is 1.88. The minimum Gasteiger partial charge on any atom is -0.360 e. The number of carbonyl (C=O) groups is 3. The van der Waals surface area contributed by atoms with E-state index in [4.69, 9.17) is 4.52 Å². The van der Waals surface area contributed by atoms with E-state index in [0.29, 0.717) is 5.76 Å². The monoisotopic (exact) mass is 368 g/mol. The Hall–Kier alpha value is -3.16. The van der Waals surface area contributed by atoms with Gasteiger partial charge in [-0.3, -0.25) is 14.5 Å². The Kier molecular flexibility index (Phi) is 3.98. The maximum atomic E-state index is 13.0. The number of nitrogens with zero attached hydrogens (tertiary/aromatic N) is 2. The summed E-state index contributed by atoms with van der Waals surface area (Å²) in [7, 11) is 0. The molecule has 1 aliphatic carbocycles. The van der Waals surface area contributed by atoms with Gasteiger partial charge in [-0.25, -0.2) is 4.79 Å². The lowest BCUT2D eigenvalue weighted by atomic mass is 9.89. The lowest BCUT2D eigenvalue weighted by Gasteiger charge is -2.23. The first kappa shape index (κ1) is 17.3. The van der Waals surface area contributed by atoms with Crippen LogP contribution in [-0.2, 0) is 28.0 Å². The minimum absolute atomic E-state index is 0.242. The second-order valence-corrected chi connectivity index (χ2v) is 7.15. The first-order valence-corrected chi connectivity index (χ1v) is 8.86. The molecule has 0 radical (unpaired) electrons. The van der Waals surface area contributed by atoms with Crippen LogP contribution in [0, 0.1) is 6.92 Å². The van der Waals surface area contributed by atoms with E-state index < -0.39 is 29.9 Å². The molecule has 1 aliphatic heterocycles. The van der Waals surface area contributed by atoms with E-state index in [9.17, 15) is 14.4 Å². The molecule has 1 saturated heterocycles. The van der Waals surface area contributed by atoms with E-state index in [1.165, 1.54) is 11.1 Å². The third-order valence-electron chi connectivity index (χ3n) is 5.15. The summed E-state index contributed by atoms with van der Waals surface area (Å²) in [5.74, 6) is -0.183. The molecule has 4 amide bonds. The summed E-state index contributed by atoms with van der Waals surface area (Å²) >= 11 is 0. The fraction of sp³-hybridized carbons (Fsp3) is 0.368. The number of hydrogen-bond donors (Lipinski definition) is 2. The second kappa shape index (κ2) is 6.22. The van der Waals surface area contributed by atoms with Crippen LogP contribution in [-0.4, -0.2) is 34.4 Å². The summed E-state index contributed by atoms with van der Waals surface area (Å²) in [5, 5.41) is 8.92. The molecule has 8 nitrogen and oxygen atoms in total. The number of anilines is 1. The summed E-state index contributed by atoms with van der Waals surface area (Å²) in [4.78, 5) is 38.5. The summed E-state index contributed by atoms with van der Waals surface area (Å²) < 4.78 is 4.88. The van der Waals surface area contributed by atoms with E-state index in [-0.39, 0.29) is 5.82 Å². The molecule has 0 saturated carbocycles. The van der Waals surface area contributed by atoms with E-state index in [0.717, 1.165) is 29.7 Å². The number of fused-ring (bicyclic) bond motifs is 1. The number of urea groups is 1. The standard InChI is InChI=1S/C19H20N4O4/c1-11-8-15(22-27-11)20-16(24)10-23-17(25)19(2,21-18(23)26)14-7-6-12-4-3-5-13(12)9-14/h6-9H,3-5,10H2,1-2H3,(H,21,26)(H,20,22,24). The van der Waals surface area contributed by atoms with Crippen LogP contribution >= 0.6 is 0 Å². The van der Waals surface area contributed by atoms with Crippen molar-refractivity contribution in [3.8, 4) is 0 Å². The number of carbonyl (C=O) groups excluding carboxylic acids is 3. The lowest BCUT2D eigenvalue weighted by Crippen LogP contribution is -2.42. The SMILES string of the molecule is Cc1cc(NC(=O)CN2C(=O)NC(C)(c3ccc4c(c3)CCC4)C2=O)no1. The van der Waals surface area contributed by atoms with Crippen LogP contribution in [0.4, 0.5) is 10.6 Å². The third kappa shape index (κ3) is 2.97. The molecule has 4 rings (SSSR count). The number of amides is 4. The van der Waals surface area contributed by atoms with Gasteiger partial charge in [0.1, 0.15) is 17.8 Å². The molecule has 1 fully saturated rings. The topological polar surface area (TPSA) is 105 Å². The van der Waals surface area contributed by atoms with Crippen molar-refractivity contribution < 1.29 is 18.9 Å². The highest BCUT2D eigenvalue weighted by molar-refractivity contribution is 6.10. The van der Waals surface area contributed by atoms with Crippen LogP contribution in [0.2, 0.25) is 0 Å². The first-order chi connectivity index (χ1) is 12.9. The summed E-state index contributed by atoms with van der Waals surface area (Å²) in [6.07, 6.45) is 3.12. The molecule has 140 valence electrons. The van der Waals surface area contributed by atoms with Crippen LogP contribution in [0.5, 0.6) is 0 Å². The minimum atomic E-state index is -1.18. The summed E-state index contributed by atoms with van der Waals surface area (Å²) in [5.41, 5.74) is 2.06. The van der Waals surface area contributed by atoms with E-state index in [2.05, 4.69) is 15.8 Å². The molecule has 1 atom stereocenters. The molecule has 0 spiro atoms. The number of hydrogen-bond acceptors (Lipinski definition) is 5. The van der Waals surface area contributed by atoms with Crippen molar-refractivity contribution in [3.63, 3.8) is 0 Å². The van der Waals surface area contributed by atoms with Crippen molar-refractivity contribution in [3.05, 3.63) is 46.7 Å². The smallest absolute Gasteiger partial charge is 0.325 e. The van der Waals surface area contributed by atoms with Gasteiger partial charge < -0.3 is 15.2 Å². The second-order valence-electron chi connectivity index (χ2n) is 7.15. The van der Waals surface area contributed by atoms with Gasteiger partial charge in [0.15, 0.2) is 5.82 Å². The molecule has 2 aromatic rings. The quantitative estimate of drug-likeness (QED) is 0.802. The van der Waals surface area contributed by atoms with E-state index in [1.807, 2.05) is 18.2 Å². The molecule has 2 N–H and O–H groups in total. The molecule has 1 aromatic heterocycles. The molecule has 0 bridgehead atoms. The molecular weight excluding hydrogens is 348 g/mol. The number of imide groups is 1. The molecule has 8 heteroatoms. The largest absolute Gasteiger partial charge is 0.360 e. The van der Waals surface area contributed by atoms with Gasteiger partial charge >= 0.3 is 6.03 Å². The fourth-order valence-corrected chi connectivity index (χ4v) is 3.67. The highest BCUT2D eigenvalue weighted by Gasteiger charge is 2.49. The van der Waals surface area contributed by atoms with Crippen LogP contribution in [0.15, 0.2) is 28.8 Å². The van der Waals surface area contributed by atoms with Crippen molar-refractivity contribution in [1.29, 1.82) is 0 Å². The average Bonchev–Trinajstić information content (AvgIpc) is 3.30. The maximum Gasteiger partial charge on any atom is 0.325 e. The Morgan fingerprint density at radius 3 is 2.81 bits per heavy atom. The van der Waals surface area contributed by atoms with E-state index in [1.54, 1.807) is 19.9 Å². The maximum absolute atomic E-state index is 13.0. The molecule has 2 aliphatic rings. The van der Waals surface area contributed by atoms with Crippen LogP contribution in [0.3, 0.4) is 0 Å². The number of aromatic nitrogens is 1. The molecular formula is C19H20N4O4. The molecule has 1 unspecified atom stereocenters. The lowest BCUT2D eigenvalue weighted by molar-refractivity contribution is -0.133. The van der Waals surface area contributed by atoms with Crippen molar-refractivity contribution >= 4 is 23.7 Å². The summed E-state index contributed by atoms with van der Waals surface area (Å²) in [6.45, 7) is 2.97. The highest BCUT2D eigenvalue weighted by Crippen LogP contribution is 2.32. The van der Waals surface area contributed by atoms with Gasteiger partial charge in [0.05, 0.1) is 0 Å². The average molecular weight is 368 g/mol. The van der Waals surface area contributed by atoms with Crippen molar-refractivity contribution in [1.82, 2.24) is 15.4 Å². The Morgan fingerprint density at radius 1 is 1.30 bits per heavy atom. The number of rotatable bonds is 4. The van der Waals surface area contributed by atoms with Crippen molar-refractivity contribution in [2.75, 3.05) is 11.9 Å². The Bertz CT molecular complexity index is 951. The Morgan fingerprint density at radius 2 is 2.07 bits per heavy atom. The fourth-order valence-electron chi connectivity index (χ4n) is 3.67. The highest BCUT2D eigenvalue weighted by atomic mass is 16.5. The van der Waals surface area contributed by atoms with Gasteiger partial charge in [-0.15, -0.1) is 0 Å². The molecule has 1 aromatic carbocycles. The van der Waals surface area contributed by atoms with Gasteiger partial charge in [-0.2, -0.15) is 0 Å². The zero-order chi connectivity index (χ0) is 19.2. The Labute approximate surface area is 155 Å². The van der Waals surface area contributed by atoms with Crippen molar-refractivity contribution in [2.24, 2.45) is 0 Å². The van der Waals surface area contributed by atoms with Gasteiger partial charge in [0.25, 0.3) is 5.91 Å². The predicted molar refractivity (Wildman–Crippen MR) is 95.9 cm³/mol. The van der Waals surface area contributed by atoms with Crippen LogP contribution in [0.1, 0.15) is 35.8 Å². The van der Waals surface area contributed by atoms with Crippen molar-refractivity contribution in [2.45, 2.75) is 38.6 Å². The van der Waals surface area contributed by atoms with Gasteiger partial charge in [0.2, 0.25) is 5.91 Å². The van der Waals surface area contributed by atoms with Crippen LogP contribution < -0.4 is 10.6 Å². The Balaban J connectivity index is 1.52. The zero-order valence-corrected chi connectivity index (χ0v) is 15.2. The van der Waals surface area contributed by atoms with Crippen LogP contribution in [0.25, 0.3) is 0 Å². The molecule has 27 heavy (non-hydrogen) atoms. The molecule has 2 heterocycles.